The molecule has 0 radical (unpaired) electrons. The molecule has 1 aliphatic heterocycles. The maximum absolute atomic E-state index is 13.4. The summed E-state index contributed by atoms with van der Waals surface area (Å²) in [7, 11) is 0. The number of hydrogen-bond acceptors (Lipinski definition) is 6. The molecule has 2 aromatic carbocycles. The Labute approximate surface area is 235 Å². The lowest BCUT2D eigenvalue weighted by molar-refractivity contribution is -0.137. The van der Waals surface area contributed by atoms with E-state index < -0.39 is 29.8 Å². The van der Waals surface area contributed by atoms with Gasteiger partial charge in [0, 0.05) is 42.6 Å². The molecule has 4 aromatic rings. The minimum Gasteiger partial charge on any atom is -0.368 e. The van der Waals surface area contributed by atoms with E-state index >= 15 is 0 Å². The average molecular weight is 590 g/mol. The standard InChI is InChI=1S/C27H23ClF3N5O3S/c1-16-22-24(40-23(16)26(39)35-10-8-34(9-11-35)20-7-3-5-18(28)13-20)32-15-36(25(22)38)14-21(37)33-19-6-2-4-17(12-19)27(29,30)31/h2-7,12-13,15H,8-11,14H2,1H3,(H,33,37). The van der Waals surface area contributed by atoms with Gasteiger partial charge in [0.2, 0.25) is 5.91 Å². The van der Waals surface area contributed by atoms with Crippen LogP contribution >= 0.6 is 22.9 Å². The Morgan fingerprint density at radius 3 is 2.50 bits per heavy atom. The first kappa shape index (κ1) is 27.7. The third-order valence-electron chi connectivity index (χ3n) is 6.64. The van der Waals surface area contributed by atoms with E-state index in [0.29, 0.717) is 46.5 Å². The molecule has 2 aromatic heterocycles. The van der Waals surface area contributed by atoms with Gasteiger partial charge in [-0.15, -0.1) is 11.3 Å². The Balaban J connectivity index is 1.30. The number of nitrogens with zero attached hydrogens (tertiary/aromatic N) is 4. The zero-order valence-corrected chi connectivity index (χ0v) is 22.7. The normalized spacial score (nSPS) is 14.0. The number of halogens is 4. The summed E-state index contributed by atoms with van der Waals surface area (Å²) in [6, 6.07) is 11.8. The van der Waals surface area contributed by atoms with Crippen molar-refractivity contribution in [1.29, 1.82) is 0 Å². The number of alkyl halides is 3. The highest BCUT2D eigenvalue weighted by atomic mass is 35.5. The van der Waals surface area contributed by atoms with Crippen molar-refractivity contribution in [1.82, 2.24) is 14.5 Å². The number of fused-ring (bicyclic) bond motifs is 1. The summed E-state index contributed by atoms with van der Waals surface area (Å²) in [5.74, 6) is -0.885. The number of carbonyl (C=O) groups excluding carboxylic acids is 2. The summed E-state index contributed by atoms with van der Waals surface area (Å²) < 4.78 is 40.0. The summed E-state index contributed by atoms with van der Waals surface area (Å²) in [6.45, 7) is 3.45. The monoisotopic (exact) mass is 589 g/mol. The van der Waals surface area contributed by atoms with E-state index in [1.165, 1.54) is 18.5 Å². The van der Waals surface area contributed by atoms with Crippen LogP contribution in [0.3, 0.4) is 0 Å². The number of rotatable bonds is 5. The number of hydrogen-bond donors (Lipinski definition) is 1. The maximum Gasteiger partial charge on any atom is 0.416 e. The second kappa shape index (κ2) is 10.9. The Bertz CT molecular complexity index is 1660. The number of nitrogens with one attached hydrogen (secondary N) is 1. The molecule has 8 nitrogen and oxygen atoms in total. The minimum atomic E-state index is -4.55. The molecule has 2 amide bonds. The number of amides is 2. The molecule has 1 N–H and O–H groups in total. The lowest BCUT2D eigenvalue weighted by atomic mass is 10.2. The average Bonchev–Trinajstić information content (AvgIpc) is 3.26. The summed E-state index contributed by atoms with van der Waals surface area (Å²) in [5, 5.41) is 3.26. The first-order valence-electron chi connectivity index (χ1n) is 12.3. The van der Waals surface area contributed by atoms with E-state index in [1.807, 2.05) is 18.2 Å². The molecule has 0 bridgehead atoms. The molecule has 0 unspecified atom stereocenters. The van der Waals surface area contributed by atoms with Gasteiger partial charge in [-0.25, -0.2) is 4.98 Å². The Morgan fingerprint density at radius 2 is 1.80 bits per heavy atom. The van der Waals surface area contributed by atoms with E-state index in [2.05, 4.69) is 15.2 Å². The summed E-state index contributed by atoms with van der Waals surface area (Å²) in [5.41, 5.74) is 0.00847. The number of piperazine rings is 1. The molecule has 0 atom stereocenters. The molecule has 1 aliphatic rings. The Morgan fingerprint density at radius 1 is 1.07 bits per heavy atom. The van der Waals surface area contributed by atoms with Crippen LogP contribution in [0, 0.1) is 6.92 Å². The third-order valence-corrected chi connectivity index (χ3v) is 8.06. The van der Waals surface area contributed by atoms with Gasteiger partial charge >= 0.3 is 6.18 Å². The molecular weight excluding hydrogens is 567 g/mol. The molecule has 208 valence electrons. The van der Waals surface area contributed by atoms with Gasteiger partial charge < -0.3 is 15.1 Å². The van der Waals surface area contributed by atoms with Gasteiger partial charge in [0.1, 0.15) is 11.4 Å². The highest BCUT2D eigenvalue weighted by Gasteiger charge is 2.31. The summed E-state index contributed by atoms with van der Waals surface area (Å²) in [6.07, 6.45) is -3.35. The smallest absolute Gasteiger partial charge is 0.368 e. The van der Waals surface area contributed by atoms with E-state index in [0.717, 1.165) is 33.7 Å². The number of benzene rings is 2. The predicted octanol–water partition coefficient (Wildman–Crippen LogP) is 5.04. The lowest BCUT2D eigenvalue weighted by Crippen LogP contribution is -2.48. The maximum atomic E-state index is 13.4. The molecule has 40 heavy (non-hydrogen) atoms. The van der Waals surface area contributed by atoms with E-state index in [1.54, 1.807) is 17.9 Å². The van der Waals surface area contributed by atoms with Crippen molar-refractivity contribution in [2.75, 3.05) is 36.4 Å². The molecule has 1 saturated heterocycles. The van der Waals surface area contributed by atoms with Crippen molar-refractivity contribution in [2.45, 2.75) is 19.6 Å². The minimum absolute atomic E-state index is 0.0445. The largest absolute Gasteiger partial charge is 0.416 e. The first-order chi connectivity index (χ1) is 19.0. The Hall–Kier alpha value is -3.90. The van der Waals surface area contributed by atoms with E-state index in [-0.39, 0.29) is 17.0 Å². The molecule has 5 rings (SSSR count). The second-order valence-corrected chi connectivity index (χ2v) is 10.7. The number of carbonyl (C=O) groups is 2. The van der Waals surface area contributed by atoms with Gasteiger partial charge in [0.15, 0.2) is 0 Å². The van der Waals surface area contributed by atoms with Crippen LogP contribution in [0.15, 0.2) is 59.7 Å². The number of thiophene rings is 1. The zero-order valence-electron chi connectivity index (χ0n) is 21.2. The van der Waals surface area contributed by atoms with Crippen LogP contribution in [-0.2, 0) is 17.5 Å². The Kier molecular flexibility index (Phi) is 7.56. The van der Waals surface area contributed by atoms with Gasteiger partial charge in [-0.2, -0.15) is 13.2 Å². The van der Waals surface area contributed by atoms with Crippen LogP contribution in [0.4, 0.5) is 24.5 Å². The van der Waals surface area contributed by atoms with Crippen LogP contribution in [0.5, 0.6) is 0 Å². The molecule has 13 heteroatoms. The molecule has 1 fully saturated rings. The molecular formula is C27H23ClF3N5O3S. The first-order valence-corrected chi connectivity index (χ1v) is 13.5. The molecule has 0 aliphatic carbocycles. The highest BCUT2D eigenvalue weighted by Crippen LogP contribution is 2.31. The van der Waals surface area contributed by atoms with Crippen LogP contribution in [-0.4, -0.2) is 52.4 Å². The van der Waals surface area contributed by atoms with Crippen LogP contribution in [0.1, 0.15) is 20.8 Å². The third kappa shape index (κ3) is 5.68. The van der Waals surface area contributed by atoms with Crippen molar-refractivity contribution >= 4 is 56.3 Å². The fourth-order valence-electron chi connectivity index (χ4n) is 4.59. The molecule has 0 spiro atoms. The number of aryl methyl sites for hydroxylation is 1. The second-order valence-electron chi connectivity index (χ2n) is 9.30. The predicted molar refractivity (Wildman–Crippen MR) is 148 cm³/mol. The van der Waals surface area contributed by atoms with Crippen LogP contribution in [0.25, 0.3) is 10.2 Å². The van der Waals surface area contributed by atoms with Gasteiger partial charge in [-0.05, 0) is 48.9 Å². The van der Waals surface area contributed by atoms with Gasteiger partial charge in [-0.1, -0.05) is 23.7 Å². The van der Waals surface area contributed by atoms with Gasteiger partial charge in [-0.3, -0.25) is 19.0 Å². The van der Waals surface area contributed by atoms with Crippen molar-refractivity contribution in [3.63, 3.8) is 0 Å². The lowest BCUT2D eigenvalue weighted by Gasteiger charge is -2.36. The molecule has 0 saturated carbocycles. The summed E-state index contributed by atoms with van der Waals surface area (Å²) >= 11 is 7.22. The quantitative estimate of drug-likeness (QED) is 0.352. The SMILES string of the molecule is Cc1c(C(=O)N2CCN(c3cccc(Cl)c3)CC2)sc2ncn(CC(=O)Nc3cccc(C(F)(F)F)c3)c(=O)c12. The number of aromatic nitrogens is 2. The van der Waals surface area contributed by atoms with Crippen LogP contribution in [0.2, 0.25) is 5.02 Å². The van der Waals surface area contributed by atoms with Crippen molar-refractivity contribution < 1.29 is 22.8 Å². The molecule has 3 heterocycles. The van der Waals surface area contributed by atoms with Crippen molar-refractivity contribution in [3.05, 3.63) is 86.2 Å². The van der Waals surface area contributed by atoms with E-state index in [4.69, 9.17) is 11.6 Å². The van der Waals surface area contributed by atoms with Crippen molar-refractivity contribution in [3.8, 4) is 0 Å². The van der Waals surface area contributed by atoms with Gasteiger partial charge in [0.05, 0.1) is 22.2 Å². The fraction of sp³-hybridized carbons (Fsp3) is 0.259. The highest BCUT2D eigenvalue weighted by molar-refractivity contribution is 7.20. The van der Waals surface area contributed by atoms with E-state index in [9.17, 15) is 27.6 Å². The van der Waals surface area contributed by atoms with Crippen molar-refractivity contribution in [2.24, 2.45) is 0 Å². The number of anilines is 2. The van der Waals surface area contributed by atoms with Crippen LogP contribution < -0.4 is 15.8 Å². The summed E-state index contributed by atoms with van der Waals surface area (Å²) in [4.78, 5) is 48.1. The topological polar surface area (TPSA) is 87.5 Å². The van der Waals surface area contributed by atoms with Gasteiger partial charge in [0.25, 0.3) is 11.5 Å². The fourth-order valence-corrected chi connectivity index (χ4v) is 5.88. The zero-order chi connectivity index (χ0) is 28.6.